The van der Waals surface area contributed by atoms with Crippen LogP contribution in [0.5, 0.6) is 17.2 Å². The molecule has 4 rings (SSSR count). The minimum Gasteiger partial charge on any atom is -0.504 e. The number of carbonyl (C=O) groups excluding carboxylic acids is 3. The standard InChI is InChI=1S/C22H19N3O10S/c1-22(18(20(30)31)25-16(28)9-17(25)36(22,33)34)10-23-24-19(29)11-2-5-13(6-3-11)35-21(32)12-4-7-14(26)15(27)8-12/h2-8,10,17-18,26-27H,9H2,1H3,(H,24,29)(H,30,31)/b23-10+/t17-,18+,22+/m1/s1. The maximum atomic E-state index is 12.8. The van der Waals surface area contributed by atoms with Crippen LogP contribution in [-0.4, -0.2) is 74.8 Å². The lowest BCUT2D eigenvalue weighted by molar-refractivity contribution is -0.156. The summed E-state index contributed by atoms with van der Waals surface area (Å²) in [5, 5.41) is 30.7. The molecule has 14 heteroatoms. The third kappa shape index (κ3) is 3.90. The summed E-state index contributed by atoms with van der Waals surface area (Å²) in [6.45, 7) is 1.12. The number of carbonyl (C=O) groups is 4. The number of ether oxygens (including phenoxy) is 1. The molecule has 0 aliphatic carbocycles. The molecule has 3 atom stereocenters. The fourth-order valence-corrected chi connectivity index (χ4v) is 6.19. The molecule has 0 radical (unpaired) electrons. The Bertz CT molecular complexity index is 1420. The van der Waals surface area contributed by atoms with Crippen LogP contribution in [0.15, 0.2) is 47.6 Å². The van der Waals surface area contributed by atoms with Crippen LogP contribution in [0.3, 0.4) is 0 Å². The lowest BCUT2D eigenvalue weighted by atomic mass is 9.97. The summed E-state index contributed by atoms with van der Waals surface area (Å²) in [5.74, 6) is -4.53. The average Bonchev–Trinajstić information content (AvgIpc) is 2.96. The van der Waals surface area contributed by atoms with Gasteiger partial charge in [0.1, 0.15) is 15.9 Å². The molecule has 36 heavy (non-hydrogen) atoms. The number of aromatic hydroxyl groups is 2. The Kier molecular flexibility index (Phi) is 5.92. The molecular weight excluding hydrogens is 498 g/mol. The highest BCUT2D eigenvalue weighted by Gasteiger charge is 2.69. The highest BCUT2D eigenvalue weighted by atomic mass is 32.2. The fourth-order valence-electron chi connectivity index (χ4n) is 3.98. The number of phenolic OH excluding ortho intramolecular Hbond substituents is 2. The molecule has 13 nitrogen and oxygen atoms in total. The number of β-lactam (4-membered cyclic amide) rings is 1. The van der Waals surface area contributed by atoms with Gasteiger partial charge >= 0.3 is 11.9 Å². The summed E-state index contributed by atoms with van der Waals surface area (Å²) in [6, 6.07) is 6.90. The number of aliphatic carboxylic acids is 1. The zero-order valence-corrected chi connectivity index (χ0v) is 19.3. The van der Waals surface area contributed by atoms with E-state index in [1.807, 2.05) is 0 Å². The highest BCUT2D eigenvalue weighted by Crippen LogP contribution is 2.45. The third-order valence-electron chi connectivity index (χ3n) is 6.00. The first kappa shape index (κ1) is 24.7. The van der Waals surface area contributed by atoms with Gasteiger partial charge in [-0.05, 0) is 49.4 Å². The molecule has 2 aliphatic rings. The normalized spacial score (nSPS) is 24.1. The van der Waals surface area contributed by atoms with Crippen molar-refractivity contribution >= 4 is 39.8 Å². The van der Waals surface area contributed by atoms with Gasteiger partial charge in [-0.3, -0.25) is 9.59 Å². The molecule has 2 aromatic carbocycles. The van der Waals surface area contributed by atoms with E-state index in [1.165, 1.54) is 30.3 Å². The van der Waals surface area contributed by atoms with Crippen LogP contribution in [0.4, 0.5) is 0 Å². The number of esters is 1. The maximum Gasteiger partial charge on any atom is 0.343 e. The second-order valence-electron chi connectivity index (χ2n) is 8.25. The van der Waals surface area contributed by atoms with Crippen molar-refractivity contribution in [2.45, 2.75) is 29.5 Å². The van der Waals surface area contributed by atoms with Gasteiger partial charge in [-0.25, -0.2) is 23.4 Å². The molecule has 2 aliphatic heterocycles. The Labute approximate surface area is 203 Å². The van der Waals surface area contributed by atoms with Crippen LogP contribution in [-0.2, 0) is 19.4 Å². The SMILES string of the molecule is C[C@]1(/C=N/NC(=O)c2ccc(OC(=O)c3ccc(O)c(O)c3)cc2)[C@H](C(=O)O)N2C(=O)C[C@H]2S1(=O)=O. The van der Waals surface area contributed by atoms with Crippen molar-refractivity contribution in [3.8, 4) is 17.2 Å². The summed E-state index contributed by atoms with van der Waals surface area (Å²) < 4.78 is 28.7. The van der Waals surface area contributed by atoms with Gasteiger partial charge in [0.15, 0.2) is 27.4 Å². The smallest absolute Gasteiger partial charge is 0.343 e. The average molecular weight is 517 g/mol. The number of nitrogens with zero attached hydrogens (tertiary/aromatic N) is 2. The Balaban J connectivity index is 1.43. The van der Waals surface area contributed by atoms with Gasteiger partial charge in [0.2, 0.25) is 5.91 Å². The number of hydrogen-bond acceptors (Lipinski definition) is 10. The Morgan fingerprint density at radius 1 is 1.11 bits per heavy atom. The molecule has 0 saturated carbocycles. The number of carboxylic acids is 1. The molecule has 2 fully saturated rings. The van der Waals surface area contributed by atoms with E-state index in [0.29, 0.717) is 0 Å². The second-order valence-corrected chi connectivity index (χ2v) is 10.8. The molecule has 2 heterocycles. The largest absolute Gasteiger partial charge is 0.504 e. The lowest BCUT2D eigenvalue weighted by Crippen LogP contribution is -2.57. The first-order chi connectivity index (χ1) is 16.9. The number of carboxylic acid groups (broad SMARTS) is 1. The zero-order chi connectivity index (χ0) is 26.4. The molecule has 2 aromatic rings. The zero-order valence-electron chi connectivity index (χ0n) is 18.5. The minimum absolute atomic E-state index is 0.0251. The van der Waals surface area contributed by atoms with Gasteiger partial charge in [-0.15, -0.1) is 0 Å². The summed E-state index contributed by atoms with van der Waals surface area (Å²) in [4.78, 5) is 48.9. The van der Waals surface area contributed by atoms with Crippen LogP contribution in [0.25, 0.3) is 0 Å². The van der Waals surface area contributed by atoms with Crippen LogP contribution in [0.1, 0.15) is 34.1 Å². The number of amides is 2. The van der Waals surface area contributed by atoms with E-state index in [9.17, 15) is 42.9 Å². The summed E-state index contributed by atoms with van der Waals surface area (Å²) >= 11 is 0. The molecule has 0 spiro atoms. The van der Waals surface area contributed by atoms with E-state index in [0.717, 1.165) is 30.2 Å². The Hall–Kier alpha value is -4.46. The van der Waals surface area contributed by atoms with Gasteiger partial charge < -0.3 is 25.0 Å². The molecule has 188 valence electrons. The first-order valence-electron chi connectivity index (χ1n) is 10.3. The molecule has 2 saturated heterocycles. The van der Waals surface area contributed by atoms with Crippen LogP contribution >= 0.6 is 0 Å². The van der Waals surface area contributed by atoms with Gasteiger partial charge in [0.05, 0.1) is 12.0 Å². The van der Waals surface area contributed by atoms with Gasteiger partial charge in [-0.2, -0.15) is 5.10 Å². The summed E-state index contributed by atoms with van der Waals surface area (Å²) in [6.07, 6.45) is 0.487. The molecule has 0 unspecified atom stereocenters. The van der Waals surface area contributed by atoms with Crippen LogP contribution < -0.4 is 10.2 Å². The molecule has 0 aromatic heterocycles. The topological polar surface area (TPSA) is 200 Å². The van der Waals surface area contributed by atoms with Crippen LogP contribution in [0, 0.1) is 0 Å². The van der Waals surface area contributed by atoms with E-state index in [2.05, 4.69) is 10.5 Å². The summed E-state index contributed by atoms with van der Waals surface area (Å²) in [7, 11) is -4.12. The van der Waals surface area contributed by atoms with Crippen molar-refractivity contribution in [1.82, 2.24) is 10.3 Å². The van der Waals surface area contributed by atoms with Crippen molar-refractivity contribution in [1.29, 1.82) is 0 Å². The van der Waals surface area contributed by atoms with E-state index in [1.54, 1.807) is 0 Å². The number of nitrogens with one attached hydrogen (secondary N) is 1. The van der Waals surface area contributed by atoms with Crippen molar-refractivity contribution in [3.05, 3.63) is 53.6 Å². The Morgan fingerprint density at radius 3 is 2.33 bits per heavy atom. The molecular formula is C22H19N3O10S. The van der Waals surface area contributed by atoms with Crippen molar-refractivity contribution in [2.24, 2.45) is 5.10 Å². The predicted molar refractivity (Wildman–Crippen MR) is 121 cm³/mol. The third-order valence-corrected chi connectivity index (χ3v) is 8.66. The monoisotopic (exact) mass is 517 g/mol. The van der Waals surface area contributed by atoms with E-state index in [4.69, 9.17) is 4.74 Å². The number of hydrazone groups is 1. The Morgan fingerprint density at radius 2 is 1.75 bits per heavy atom. The number of hydrogen-bond donors (Lipinski definition) is 4. The van der Waals surface area contributed by atoms with Gasteiger partial charge in [-0.1, -0.05) is 0 Å². The maximum absolute atomic E-state index is 12.8. The number of phenols is 2. The first-order valence-corrected chi connectivity index (χ1v) is 11.9. The predicted octanol–water partition coefficient (Wildman–Crippen LogP) is 0.231. The molecule has 4 N–H and O–H groups in total. The lowest BCUT2D eigenvalue weighted by Gasteiger charge is -2.35. The highest BCUT2D eigenvalue weighted by molar-refractivity contribution is 7.94. The van der Waals surface area contributed by atoms with Gasteiger partial charge in [0, 0.05) is 11.8 Å². The number of benzene rings is 2. The van der Waals surface area contributed by atoms with Crippen molar-refractivity contribution in [3.63, 3.8) is 0 Å². The van der Waals surface area contributed by atoms with E-state index in [-0.39, 0.29) is 23.3 Å². The minimum atomic E-state index is -4.12. The van der Waals surface area contributed by atoms with E-state index >= 15 is 0 Å². The number of sulfone groups is 1. The quantitative estimate of drug-likeness (QED) is 0.103. The van der Waals surface area contributed by atoms with Crippen LogP contribution in [0.2, 0.25) is 0 Å². The molecule has 2 amide bonds. The number of rotatable bonds is 6. The van der Waals surface area contributed by atoms with Gasteiger partial charge in [0.25, 0.3) is 5.91 Å². The summed E-state index contributed by atoms with van der Waals surface area (Å²) in [5.41, 5.74) is 2.15. The fraction of sp³-hybridized carbons (Fsp3) is 0.227. The van der Waals surface area contributed by atoms with E-state index < -0.39 is 61.3 Å². The molecule has 0 bridgehead atoms. The second kappa shape index (κ2) is 8.64. The van der Waals surface area contributed by atoms with Crippen molar-refractivity contribution in [2.75, 3.05) is 0 Å². The number of fused-ring (bicyclic) bond motifs is 1. The van der Waals surface area contributed by atoms with Crippen molar-refractivity contribution < 1.29 is 47.7 Å².